The minimum atomic E-state index is -4.83. The molecular weight excluding hydrogens is 473 g/mol. The number of aromatic nitrogens is 1. The van der Waals surface area contributed by atoms with Gasteiger partial charge in [-0.05, 0) is 25.1 Å². The number of rotatable bonds is 10. The summed E-state index contributed by atoms with van der Waals surface area (Å²) in [6.07, 6.45) is 3.15. The molecule has 33 heavy (non-hydrogen) atoms. The van der Waals surface area contributed by atoms with Crippen molar-refractivity contribution >= 4 is 34.3 Å². The average Bonchev–Trinajstić information content (AvgIpc) is 3.14. The molecule has 2 aromatic rings. The van der Waals surface area contributed by atoms with Crippen LogP contribution in [0.15, 0.2) is 60.7 Å². The van der Waals surface area contributed by atoms with E-state index in [0.29, 0.717) is 15.6 Å². The second-order valence-corrected chi connectivity index (χ2v) is 8.24. The van der Waals surface area contributed by atoms with Gasteiger partial charge in [0.2, 0.25) is 0 Å². The van der Waals surface area contributed by atoms with Crippen molar-refractivity contribution in [3.8, 4) is 11.8 Å². The smallest absolute Gasteiger partial charge is 0.405 e. The highest BCUT2D eigenvalue weighted by atomic mass is 32.2. The third kappa shape index (κ3) is 8.00. The first kappa shape index (κ1) is 26.0. The molecule has 1 heterocycles. The Morgan fingerprint density at radius 2 is 2.15 bits per heavy atom. The van der Waals surface area contributed by atoms with Gasteiger partial charge in [0.15, 0.2) is 5.13 Å². The molecule has 0 aliphatic heterocycles. The number of nitrogens with zero attached hydrogens (tertiary/aromatic N) is 3. The zero-order valence-electron chi connectivity index (χ0n) is 17.8. The number of halogens is 3. The van der Waals surface area contributed by atoms with Gasteiger partial charge >= 0.3 is 6.36 Å². The van der Waals surface area contributed by atoms with Crippen LogP contribution < -0.4 is 14.4 Å². The van der Waals surface area contributed by atoms with Gasteiger partial charge in [-0.1, -0.05) is 48.9 Å². The SMILES string of the molecule is C=C/C=C(C#N)\C=C/CN(Cc1ccccc1OC(F)(F)F)c1nc(C(=O)NSC)c(C)s1. The summed E-state index contributed by atoms with van der Waals surface area (Å²) >= 11 is 2.38. The topological polar surface area (TPSA) is 78.2 Å². The van der Waals surface area contributed by atoms with E-state index in [1.54, 1.807) is 36.3 Å². The molecule has 0 atom stereocenters. The molecule has 0 radical (unpaired) electrons. The minimum Gasteiger partial charge on any atom is -0.405 e. The second kappa shape index (κ2) is 12.1. The summed E-state index contributed by atoms with van der Waals surface area (Å²) in [6.45, 7) is 5.54. The van der Waals surface area contributed by atoms with Crippen LogP contribution in [0.3, 0.4) is 0 Å². The number of ether oxygens (including phenoxy) is 1. The van der Waals surface area contributed by atoms with Crippen molar-refractivity contribution in [1.82, 2.24) is 9.71 Å². The van der Waals surface area contributed by atoms with Crippen LogP contribution in [0.4, 0.5) is 18.3 Å². The summed E-state index contributed by atoms with van der Waals surface area (Å²) < 4.78 is 45.3. The molecular formula is C22H21F3N4O2S2. The molecule has 0 aliphatic carbocycles. The molecule has 2 rings (SSSR count). The zero-order valence-corrected chi connectivity index (χ0v) is 19.5. The van der Waals surface area contributed by atoms with Crippen molar-refractivity contribution in [2.45, 2.75) is 19.8 Å². The predicted molar refractivity (Wildman–Crippen MR) is 125 cm³/mol. The van der Waals surface area contributed by atoms with Gasteiger partial charge in [0, 0.05) is 29.8 Å². The van der Waals surface area contributed by atoms with Crippen molar-refractivity contribution in [2.24, 2.45) is 0 Å². The summed E-state index contributed by atoms with van der Waals surface area (Å²) in [5.41, 5.74) is 0.886. The van der Waals surface area contributed by atoms with Gasteiger partial charge in [0.05, 0.1) is 11.6 Å². The van der Waals surface area contributed by atoms with E-state index in [0.717, 1.165) is 11.9 Å². The van der Waals surface area contributed by atoms with Crippen LogP contribution in [-0.2, 0) is 6.54 Å². The lowest BCUT2D eigenvalue weighted by molar-refractivity contribution is -0.274. The molecule has 11 heteroatoms. The van der Waals surface area contributed by atoms with Gasteiger partial charge in [-0.3, -0.25) is 9.52 Å². The normalized spacial score (nSPS) is 11.8. The Kier molecular flexibility index (Phi) is 9.57. The third-order valence-electron chi connectivity index (χ3n) is 4.07. The van der Waals surface area contributed by atoms with Gasteiger partial charge < -0.3 is 9.64 Å². The molecule has 1 N–H and O–H groups in total. The maximum Gasteiger partial charge on any atom is 0.573 e. The molecule has 0 spiro atoms. The number of carbonyl (C=O) groups excluding carboxylic acids is 1. The number of anilines is 1. The number of alkyl halides is 3. The van der Waals surface area contributed by atoms with E-state index in [9.17, 15) is 18.0 Å². The first-order valence-electron chi connectivity index (χ1n) is 9.47. The van der Waals surface area contributed by atoms with Gasteiger partial charge in [-0.2, -0.15) is 5.26 Å². The summed E-state index contributed by atoms with van der Waals surface area (Å²) in [6, 6.07) is 7.84. The molecule has 1 aromatic heterocycles. The predicted octanol–water partition coefficient (Wildman–Crippen LogP) is 5.56. The monoisotopic (exact) mass is 494 g/mol. The first-order chi connectivity index (χ1) is 15.7. The number of aryl methyl sites for hydroxylation is 1. The number of carbonyl (C=O) groups is 1. The number of hydrogen-bond acceptors (Lipinski definition) is 7. The maximum absolute atomic E-state index is 12.9. The number of nitrogens with one attached hydrogen (secondary N) is 1. The fraction of sp³-hybridized carbons (Fsp3) is 0.227. The highest BCUT2D eigenvalue weighted by Crippen LogP contribution is 2.31. The van der Waals surface area contributed by atoms with E-state index < -0.39 is 6.36 Å². The Morgan fingerprint density at radius 1 is 1.42 bits per heavy atom. The molecule has 1 amide bonds. The average molecular weight is 495 g/mol. The Balaban J connectivity index is 2.41. The quantitative estimate of drug-likeness (QED) is 0.265. The number of nitriles is 1. The van der Waals surface area contributed by atoms with Crippen LogP contribution in [0, 0.1) is 18.3 Å². The number of benzene rings is 1. The highest BCUT2D eigenvalue weighted by molar-refractivity contribution is 7.97. The summed E-state index contributed by atoms with van der Waals surface area (Å²) in [4.78, 5) is 19.0. The van der Waals surface area contributed by atoms with E-state index in [4.69, 9.17) is 5.26 Å². The minimum absolute atomic E-state index is 0.0280. The number of allylic oxidation sites excluding steroid dienone is 4. The number of hydrogen-bond donors (Lipinski definition) is 1. The maximum atomic E-state index is 12.9. The Hall–Kier alpha value is -3.23. The number of thiazole rings is 1. The third-order valence-corrected chi connectivity index (χ3v) is 5.50. The largest absolute Gasteiger partial charge is 0.573 e. The van der Waals surface area contributed by atoms with Crippen molar-refractivity contribution in [2.75, 3.05) is 17.7 Å². The van der Waals surface area contributed by atoms with Gasteiger partial charge in [-0.15, -0.1) is 24.5 Å². The molecule has 0 aliphatic rings. The molecule has 0 saturated carbocycles. The lowest BCUT2D eigenvalue weighted by Crippen LogP contribution is -2.25. The Morgan fingerprint density at radius 3 is 2.79 bits per heavy atom. The van der Waals surface area contributed by atoms with Gasteiger partial charge in [0.25, 0.3) is 5.91 Å². The first-order valence-corrected chi connectivity index (χ1v) is 11.5. The Bertz CT molecular complexity index is 1090. The van der Waals surface area contributed by atoms with Crippen LogP contribution in [0.5, 0.6) is 5.75 Å². The van der Waals surface area contributed by atoms with E-state index in [2.05, 4.69) is 21.0 Å². The molecule has 0 unspecified atom stereocenters. The molecule has 0 bridgehead atoms. The molecule has 0 saturated heterocycles. The molecule has 174 valence electrons. The van der Waals surface area contributed by atoms with Crippen LogP contribution in [0.25, 0.3) is 0 Å². The van der Waals surface area contributed by atoms with Crippen LogP contribution in [0.1, 0.15) is 20.9 Å². The molecule has 1 aromatic carbocycles. The lowest BCUT2D eigenvalue weighted by atomic mass is 10.2. The van der Waals surface area contributed by atoms with Crippen molar-refractivity contribution in [1.29, 1.82) is 5.26 Å². The van der Waals surface area contributed by atoms with Crippen LogP contribution >= 0.6 is 23.3 Å². The van der Waals surface area contributed by atoms with Crippen molar-refractivity contribution < 1.29 is 22.7 Å². The van der Waals surface area contributed by atoms with E-state index in [-0.39, 0.29) is 36.0 Å². The van der Waals surface area contributed by atoms with E-state index in [1.807, 2.05) is 6.07 Å². The summed E-state index contributed by atoms with van der Waals surface area (Å²) in [5, 5.41) is 9.60. The van der Waals surface area contributed by atoms with Crippen LogP contribution in [0.2, 0.25) is 0 Å². The number of para-hydroxylation sites is 1. The lowest BCUT2D eigenvalue weighted by Gasteiger charge is -2.22. The van der Waals surface area contributed by atoms with Crippen molar-refractivity contribution in [3.63, 3.8) is 0 Å². The van der Waals surface area contributed by atoms with Crippen molar-refractivity contribution in [3.05, 3.63) is 76.9 Å². The van der Waals surface area contributed by atoms with Gasteiger partial charge in [-0.25, -0.2) is 4.98 Å². The fourth-order valence-electron chi connectivity index (χ4n) is 2.71. The van der Waals surface area contributed by atoms with E-state index in [1.165, 1.54) is 41.7 Å². The standard InChI is InChI=1S/C22H21F3N4O2S2/c1-4-8-16(13-26)9-7-12-29(21-27-19(15(2)33-21)20(30)28-32-3)14-17-10-5-6-11-18(17)31-22(23,24)25/h4-11H,1,12,14H2,2-3H3,(H,28,30)/b9-7-,16-8+. The Labute approximate surface area is 198 Å². The summed E-state index contributed by atoms with van der Waals surface area (Å²) in [5.74, 6) is -0.684. The van der Waals surface area contributed by atoms with E-state index >= 15 is 0 Å². The second-order valence-electron chi connectivity index (χ2n) is 6.44. The van der Waals surface area contributed by atoms with Gasteiger partial charge in [0.1, 0.15) is 11.4 Å². The zero-order chi connectivity index (χ0) is 24.4. The van der Waals surface area contributed by atoms with Crippen LogP contribution in [-0.4, -0.2) is 30.1 Å². The fourth-order valence-corrected chi connectivity index (χ4v) is 3.90. The highest BCUT2D eigenvalue weighted by Gasteiger charge is 2.32. The number of amides is 1. The summed E-state index contributed by atoms with van der Waals surface area (Å²) in [7, 11) is 0. The molecule has 6 nitrogen and oxygen atoms in total. The molecule has 0 fully saturated rings.